The lowest BCUT2D eigenvalue weighted by atomic mass is 9.95. The lowest BCUT2D eigenvalue weighted by Crippen LogP contribution is -2.37. The molecule has 5 heteroatoms. The first-order chi connectivity index (χ1) is 11.0. The van der Waals surface area contributed by atoms with Crippen molar-refractivity contribution in [1.82, 2.24) is 4.72 Å². The third kappa shape index (κ3) is 5.16. The Hall–Kier alpha value is -1.69. The fourth-order valence-electron chi connectivity index (χ4n) is 2.46. The second kappa shape index (κ2) is 8.24. The van der Waals surface area contributed by atoms with Crippen LogP contribution in [0.4, 0.5) is 0 Å². The van der Waals surface area contributed by atoms with E-state index in [1.54, 1.807) is 0 Å². The molecule has 0 aliphatic carbocycles. The van der Waals surface area contributed by atoms with E-state index >= 15 is 0 Å². The zero-order valence-electron chi connectivity index (χ0n) is 13.4. The van der Waals surface area contributed by atoms with Gasteiger partial charge in [0.25, 0.3) is 0 Å². The quantitative estimate of drug-likeness (QED) is 0.780. The number of sulfonamides is 1. The molecular weight excluding hydrogens is 308 g/mol. The number of benzene rings is 2. The number of rotatable bonds is 8. The summed E-state index contributed by atoms with van der Waals surface area (Å²) in [5.41, 5.74) is 8.15. The van der Waals surface area contributed by atoms with Gasteiger partial charge in [-0.25, -0.2) is 13.1 Å². The first-order valence-electron chi connectivity index (χ1n) is 7.89. The second-order valence-electron chi connectivity index (χ2n) is 5.62. The standard InChI is InChI=1S/C18H24N2O2S/c1-2-3-14-23(21,22)20-18(16-12-8-5-9-13-16)17(19)15-10-6-4-7-11-15/h4-13,17-18,20H,2-3,14,19H2,1H3/t17-,18-/m1/s1. The molecule has 0 radical (unpaired) electrons. The molecule has 0 spiro atoms. The van der Waals surface area contributed by atoms with E-state index in [9.17, 15) is 8.42 Å². The van der Waals surface area contributed by atoms with E-state index in [0.29, 0.717) is 6.42 Å². The van der Waals surface area contributed by atoms with E-state index in [2.05, 4.69) is 4.72 Å². The van der Waals surface area contributed by atoms with Gasteiger partial charge in [0.2, 0.25) is 10.0 Å². The van der Waals surface area contributed by atoms with Crippen LogP contribution in [0.2, 0.25) is 0 Å². The van der Waals surface area contributed by atoms with Gasteiger partial charge in [0.15, 0.2) is 0 Å². The van der Waals surface area contributed by atoms with Crippen molar-refractivity contribution in [3.63, 3.8) is 0 Å². The molecule has 23 heavy (non-hydrogen) atoms. The van der Waals surface area contributed by atoms with Crippen molar-refractivity contribution >= 4 is 10.0 Å². The third-order valence-corrected chi connectivity index (χ3v) is 5.21. The van der Waals surface area contributed by atoms with Crippen LogP contribution >= 0.6 is 0 Å². The highest BCUT2D eigenvalue weighted by Gasteiger charge is 2.25. The van der Waals surface area contributed by atoms with Crippen molar-refractivity contribution in [2.45, 2.75) is 31.8 Å². The van der Waals surface area contributed by atoms with E-state index in [-0.39, 0.29) is 5.75 Å². The molecule has 0 saturated heterocycles. The third-order valence-electron chi connectivity index (χ3n) is 3.78. The van der Waals surface area contributed by atoms with Crippen LogP contribution in [0, 0.1) is 0 Å². The molecule has 0 aromatic heterocycles. The van der Waals surface area contributed by atoms with Crippen molar-refractivity contribution in [2.24, 2.45) is 5.73 Å². The summed E-state index contributed by atoms with van der Waals surface area (Å²) in [5.74, 6) is 0.119. The van der Waals surface area contributed by atoms with Crippen molar-refractivity contribution < 1.29 is 8.42 Å². The molecule has 2 atom stereocenters. The Morgan fingerprint density at radius 2 is 1.48 bits per heavy atom. The van der Waals surface area contributed by atoms with Crippen molar-refractivity contribution in [2.75, 3.05) is 5.75 Å². The minimum absolute atomic E-state index is 0.119. The summed E-state index contributed by atoms with van der Waals surface area (Å²) in [6, 6.07) is 18.1. The fraction of sp³-hybridized carbons (Fsp3) is 0.333. The molecule has 0 saturated carbocycles. The van der Waals surface area contributed by atoms with Gasteiger partial charge in [0, 0.05) is 0 Å². The molecule has 0 heterocycles. The van der Waals surface area contributed by atoms with Gasteiger partial charge in [-0.05, 0) is 17.5 Å². The zero-order chi connectivity index (χ0) is 16.7. The first-order valence-corrected chi connectivity index (χ1v) is 9.54. The molecule has 2 rings (SSSR count). The molecule has 0 aliphatic rings. The molecule has 124 valence electrons. The number of hydrogen-bond donors (Lipinski definition) is 2. The summed E-state index contributed by atoms with van der Waals surface area (Å²) >= 11 is 0. The molecule has 0 bridgehead atoms. The van der Waals surface area contributed by atoms with Crippen LogP contribution in [0.15, 0.2) is 60.7 Å². The zero-order valence-corrected chi connectivity index (χ0v) is 14.2. The Morgan fingerprint density at radius 1 is 0.957 bits per heavy atom. The van der Waals surface area contributed by atoms with Crippen LogP contribution < -0.4 is 10.5 Å². The van der Waals surface area contributed by atoms with E-state index in [1.807, 2.05) is 67.6 Å². The largest absolute Gasteiger partial charge is 0.322 e. The highest BCUT2D eigenvalue weighted by molar-refractivity contribution is 7.89. The lowest BCUT2D eigenvalue weighted by Gasteiger charge is -2.26. The predicted molar refractivity (Wildman–Crippen MR) is 94.4 cm³/mol. The summed E-state index contributed by atoms with van der Waals surface area (Å²) in [6.07, 6.45) is 1.47. The minimum Gasteiger partial charge on any atom is -0.322 e. The van der Waals surface area contributed by atoms with Gasteiger partial charge in [-0.15, -0.1) is 0 Å². The van der Waals surface area contributed by atoms with Gasteiger partial charge in [-0.2, -0.15) is 0 Å². The summed E-state index contributed by atoms with van der Waals surface area (Å²) < 4.78 is 27.5. The van der Waals surface area contributed by atoms with Crippen LogP contribution in [0.3, 0.4) is 0 Å². The lowest BCUT2D eigenvalue weighted by molar-refractivity contribution is 0.503. The second-order valence-corrected chi connectivity index (χ2v) is 7.49. The van der Waals surface area contributed by atoms with Gasteiger partial charge in [-0.1, -0.05) is 74.0 Å². The summed E-state index contributed by atoms with van der Waals surface area (Å²) in [6.45, 7) is 1.97. The molecular formula is C18H24N2O2S. The Balaban J connectivity index is 2.29. The normalized spacial score (nSPS) is 14.3. The Morgan fingerprint density at radius 3 is 2.00 bits per heavy atom. The van der Waals surface area contributed by atoms with Gasteiger partial charge >= 0.3 is 0 Å². The number of unbranched alkanes of at least 4 members (excludes halogenated alkanes) is 1. The molecule has 0 amide bonds. The molecule has 0 fully saturated rings. The Bertz CT molecular complexity index is 687. The average molecular weight is 332 g/mol. The maximum Gasteiger partial charge on any atom is 0.212 e. The van der Waals surface area contributed by atoms with Gasteiger partial charge < -0.3 is 5.73 Å². The maximum atomic E-state index is 12.3. The monoisotopic (exact) mass is 332 g/mol. The fourth-order valence-corrected chi connectivity index (χ4v) is 3.92. The van der Waals surface area contributed by atoms with E-state index in [4.69, 9.17) is 5.73 Å². The van der Waals surface area contributed by atoms with E-state index in [1.165, 1.54) is 0 Å². The Labute approximate surface area is 138 Å². The molecule has 2 aromatic rings. The number of hydrogen-bond acceptors (Lipinski definition) is 3. The van der Waals surface area contributed by atoms with Crippen LogP contribution in [0.1, 0.15) is 43.0 Å². The van der Waals surface area contributed by atoms with Crippen LogP contribution in [0.25, 0.3) is 0 Å². The Kier molecular flexibility index (Phi) is 6.33. The topological polar surface area (TPSA) is 72.2 Å². The van der Waals surface area contributed by atoms with Crippen molar-refractivity contribution in [3.05, 3.63) is 71.8 Å². The van der Waals surface area contributed by atoms with Gasteiger partial charge in [-0.3, -0.25) is 0 Å². The smallest absolute Gasteiger partial charge is 0.212 e. The number of nitrogens with two attached hydrogens (primary N) is 1. The molecule has 2 aromatic carbocycles. The van der Waals surface area contributed by atoms with Gasteiger partial charge in [0.05, 0.1) is 17.8 Å². The summed E-state index contributed by atoms with van der Waals surface area (Å²) in [4.78, 5) is 0. The highest BCUT2D eigenvalue weighted by Crippen LogP contribution is 2.27. The first kappa shape index (κ1) is 17.7. The van der Waals surface area contributed by atoms with Crippen LogP contribution in [0.5, 0.6) is 0 Å². The maximum absolute atomic E-state index is 12.3. The average Bonchev–Trinajstić information content (AvgIpc) is 2.59. The van der Waals surface area contributed by atoms with Crippen molar-refractivity contribution in [3.8, 4) is 0 Å². The molecule has 4 nitrogen and oxygen atoms in total. The summed E-state index contributed by atoms with van der Waals surface area (Å²) in [7, 11) is -3.37. The molecule has 3 N–H and O–H groups in total. The number of nitrogens with one attached hydrogen (secondary N) is 1. The van der Waals surface area contributed by atoms with Gasteiger partial charge in [0.1, 0.15) is 0 Å². The highest BCUT2D eigenvalue weighted by atomic mass is 32.2. The minimum atomic E-state index is -3.37. The van der Waals surface area contributed by atoms with Crippen molar-refractivity contribution in [1.29, 1.82) is 0 Å². The van der Waals surface area contributed by atoms with Crippen LogP contribution in [-0.2, 0) is 10.0 Å². The predicted octanol–water partition coefficient (Wildman–Crippen LogP) is 3.15. The molecule has 0 unspecified atom stereocenters. The van der Waals surface area contributed by atoms with E-state index in [0.717, 1.165) is 17.5 Å². The van der Waals surface area contributed by atoms with Crippen LogP contribution in [-0.4, -0.2) is 14.2 Å². The molecule has 0 aliphatic heterocycles. The van der Waals surface area contributed by atoms with E-state index < -0.39 is 22.1 Å². The SMILES string of the molecule is CCCCS(=O)(=O)N[C@H](c1ccccc1)[C@H](N)c1ccccc1. The summed E-state index contributed by atoms with van der Waals surface area (Å²) in [5, 5.41) is 0.